The van der Waals surface area contributed by atoms with Gasteiger partial charge < -0.3 is 20.6 Å². The number of carboxylic acid groups (broad SMARTS) is 1. The van der Waals surface area contributed by atoms with E-state index in [1.54, 1.807) is 6.07 Å². The van der Waals surface area contributed by atoms with Gasteiger partial charge in [0.25, 0.3) is 0 Å². The molecular formula is C21H29F3N4O3. The number of aromatic nitrogens is 1. The van der Waals surface area contributed by atoms with Gasteiger partial charge >= 0.3 is 12.3 Å². The number of halogens is 3. The summed E-state index contributed by atoms with van der Waals surface area (Å²) >= 11 is 0. The van der Waals surface area contributed by atoms with Crippen LogP contribution in [0.4, 0.5) is 23.8 Å². The molecule has 0 bridgehead atoms. The Kier molecular flexibility index (Phi) is 6.38. The second kappa shape index (κ2) is 8.55. The van der Waals surface area contributed by atoms with Crippen LogP contribution in [0.1, 0.15) is 45.7 Å². The average molecular weight is 442 g/mol. The van der Waals surface area contributed by atoms with Gasteiger partial charge in [-0.2, -0.15) is 13.2 Å². The lowest BCUT2D eigenvalue weighted by Crippen LogP contribution is -2.51. The topological polar surface area (TPSA) is 94.6 Å². The molecule has 2 heterocycles. The second-order valence-electron chi connectivity index (χ2n) is 9.67. The molecular weight excluding hydrogens is 413 g/mol. The lowest BCUT2D eigenvalue weighted by Gasteiger charge is -2.28. The first-order valence-corrected chi connectivity index (χ1v) is 10.4. The zero-order valence-electron chi connectivity index (χ0n) is 17.9. The number of nitrogens with zero attached hydrogens (tertiary/aromatic N) is 2. The predicted octanol–water partition coefficient (Wildman–Crippen LogP) is 3.50. The molecule has 31 heavy (non-hydrogen) atoms. The van der Waals surface area contributed by atoms with E-state index in [1.807, 2.05) is 25.7 Å². The van der Waals surface area contributed by atoms with Crippen molar-refractivity contribution in [3.63, 3.8) is 0 Å². The monoisotopic (exact) mass is 442 g/mol. The first kappa shape index (κ1) is 23.1. The van der Waals surface area contributed by atoms with Gasteiger partial charge in [-0.05, 0) is 42.7 Å². The number of carbonyl (C=O) groups excluding carboxylic acids is 1. The van der Waals surface area contributed by atoms with Gasteiger partial charge in [0.2, 0.25) is 5.91 Å². The Morgan fingerprint density at radius 1 is 1.23 bits per heavy atom. The highest BCUT2D eigenvalue weighted by molar-refractivity contribution is 5.85. The van der Waals surface area contributed by atoms with Crippen LogP contribution < -0.4 is 15.5 Å². The maximum atomic E-state index is 13.0. The average Bonchev–Trinajstić information content (AvgIpc) is 3.21. The third-order valence-corrected chi connectivity index (χ3v) is 5.96. The van der Waals surface area contributed by atoms with Crippen molar-refractivity contribution < 1.29 is 27.9 Å². The highest BCUT2D eigenvalue weighted by Gasteiger charge is 2.44. The number of alkyl halides is 3. The molecule has 4 atom stereocenters. The van der Waals surface area contributed by atoms with Gasteiger partial charge in [0.1, 0.15) is 17.6 Å². The van der Waals surface area contributed by atoms with Gasteiger partial charge in [-0.15, -0.1) is 0 Å². The van der Waals surface area contributed by atoms with E-state index in [0.717, 1.165) is 18.9 Å². The lowest BCUT2D eigenvalue weighted by atomic mass is 9.87. The SMILES string of the molecule is CC(C)(C)C[C@H](NC(=O)O)C(=O)N[C@H]1CC[C@@H]2CN(c3cccc(C(F)(F)F)n3)C[C@@H]21. The van der Waals surface area contributed by atoms with Crippen molar-refractivity contribution in [3.05, 3.63) is 23.9 Å². The van der Waals surface area contributed by atoms with Crippen molar-refractivity contribution >= 4 is 17.8 Å². The first-order chi connectivity index (χ1) is 14.3. The summed E-state index contributed by atoms with van der Waals surface area (Å²) in [6.45, 7) is 6.88. The molecule has 172 valence electrons. The fourth-order valence-corrected chi connectivity index (χ4v) is 4.64. The summed E-state index contributed by atoms with van der Waals surface area (Å²) in [5.41, 5.74) is -1.17. The second-order valence-corrected chi connectivity index (χ2v) is 9.67. The van der Waals surface area contributed by atoms with Gasteiger partial charge in [0, 0.05) is 25.0 Å². The molecule has 1 aliphatic carbocycles. The van der Waals surface area contributed by atoms with Crippen molar-refractivity contribution in [2.75, 3.05) is 18.0 Å². The number of anilines is 1. The number of hydrogen-bond acceptors (Lipinski definition) is 4. The van der Waals surface area contributed by atoms with Crippen molar-refractivity contribution in [2.45, 2.75) is 58.3 Å². The van der Waals surface area contributed by atoms with Crippen LogP contribution in [0.15, 0.2) is 18.2 Å². The highest BCUT2D eigenvalue weighted by Crippen LogP contribution is 2.40. The Morgan fingerprint density at radius 3 is 2.55 bits per heavy atom. The largest absolute Gasteiger partial charge is 0.465 e. The Morgan fingerprint density at radius 2 is 1.94 bits per heavy atom. The molecule has 0 unspecified atom stereocenters. The first-order valence-electron chi connectivity index (χ1n) is 10.4. The Bertz CT molecular complexity index is 825. The molecule has 10 heteroatoms. The van der Waals surface area contributed by atoms with E-state index in [9.17, 15) is 22.8 Å². The van der Waals surface area contributed by atoms with Crippen LogP contribution in [-0.4, -0.2) is 47.3 Å². The maximum Gasteiger partial charge on any atom is 0.433 e. The molecule has 1 aromatic heterocycles. The fraction of sp³-hybridized carbons (Fsp3) is 0.667. The van der Waals surface area contributed by atoms with Crippen LogP contribution in [0.25, 0.3) is 0 Å². The van der Waals surface area contributed by atoms with E-state index in [0.29, 0.717) is 19.5 Å². The molecule has 1 saturated carbocycles. The third kappa shape index (κ3) is 5.80. The number of amides is 2. The molecule has 7 nitrogen and oxygen atoms in total. The summed E-state index contributed by atoms with van der Waals surface area (Å²) in [6.07, 6.45) is -3.79. The smallest absolute Gasteiger partial charge is 0.433 e. The van der Waals surface area contributed by atoms with Gasteiger partial charge in [-0.3, -0.25) is 4.79 Å². The third-order valence-electron chi connectivity index (χ3n) is 5.96. The van der Waals surface area contributed by atoms with Crippen LogP contribution in [0.3, 0.4) is 0 Å². The molecule has 2 amide bonds. The fourth-order valence-electron chi connectivity index (χ4n) is 4.64. The molecule has 1 saturated heterocycles. The molecule has 1 aromatic rings. The number of pyridine rings is 1. The molecule has 2 aliphatic rings. The summed E-state index contributed by atoms with van der Waals surface area (Å²) in [5, 5.41) is 14.4. The minimum absolute atomic E-state index is 0.0837. The van der Waals surface area contributed by atoms with Crippen molar-refractivity contribution in [1.82, 2.24) is 15.6 Å². The Balaban J connectivity index is 1.67. The minimum Gasteiger partial charge on any atom is -0.465 e. The van der Waals surface area contributed by atoms with Crippen molar-refractivity contribution in [3.8, 4) is 0 Å². The van der Waals surface area contributed by atoms with E-state index >= 15 is 0 Å². The van der Waals surface area contributed by atoms with E-state index in [2.05, 4.69) is 15.6 Å². The van der Waals surface area contributed by atoms with Crippen molar-refractivity contribution in [1.29, 1.82) is 0 Å². The van der Waals surface area contributed by atoms with E-state index in [1.165, 1.54) is 6.07 Å². The molecule has 3 N–H and O–H groups in total. The molecule has 0 aromatic carbocycles. The van der Waals surface area contributed by atoms with Gasteiger partial charge in [0.15, 0.2) is 0 Å². The summed E-state index contributed by atoms with van der Waals surface area (Å²) in [5.74, 6) is 0.252. The van der Waals surface area contributed by atoms with Crippen LogP contribution in [0.2, 0.25) is 0 Å². The van der Waals surface area contributed by atoms with Crippen molar-refractivity contribution in [2.24, 2.45) is 17.3 Å². The predicted molar refractivity (Wildman–Crippen MR) is 109 cm³/mol. The zero-order chi connectivity index (χ0) is 23.0. The standard InChI is InChI=1S/C21H29F3N4O3/c1-20(2,3)9-15(26-19(30)31)18(29)25-14-8-7-12-10-28(11-13(12)14)17-6-4-5-16(27-17)21(22,23)24/h4-6,12-15,26H,7-11H2,1-3H3,(H,25,29)(H,30,31)/t12-,13+,14+,15+/m1/s1. The van der Waals surface area contributed by atoms with E-state index in [4.69, 9.17) is 5.11 Å². The number of hydrogen-bond donors (Lipinski definition) is 3. The van der Waals surface area contributed by atoms with Crippen LogP contribution in [0.5, 0.6) is 0 Å². The summed E-state index contributed by atoms with van der Waals surface area (Å²) in [6, 6.07) is 2.87. The van der Waals surface area contributed by atoms with Gasteiger partial charge in [-0.1, -0.05) is 26.8 Å². The number of rotatable bonds is 5. The Hall–Kier alpha value is -2.52. The molecule has 0 spiro atoms. The number of fused-ring (bicyclic) bond motifs is 1. The van der Waals surface area contributed by atoms with Crippen LogP contribution in [0, 0.1) is 17.3 Å². The highest BCUT2D eigenvalue weighted by atomic mass is 19.4. The molecule has 3 rings (SSSR count). The number of nitrogens with one attached hydrogen (secondary N) is 2. The van der Waals surface area contributed by atoms with E-state index in [-0.39, 0.29) is 35.0 Å². The summed E-state index contributed by atoms with van der Waals surface area (Å²) in [7, 11) is 0. The summed E-state index contributed by atoms with van der Waals surface area (Å²) < 4.78 is 39.0. The van der Waals surface area contributed by atoms with Crippen LogP contribution in [-0.2, 0) is 11.0 Å². The Labute approximate surface area is 179 Å². The minimum atomic E-state index is -4.50. The van der Waals surface area contributed by atoms with Crippen LogP contribution >= 0.6 is 0 Å². The quantitative estimate of drug-likeness (QED) is 0.649. The maximum absolute atomic E-state index is 13.0. The normalized spacial score (nSPS) is 24.6. The van der Waals surface area contributed by atoms with Gasteiger partial charge in [-0.25, -0.2) is 9.78 Å². The van der Waals surface area contributed by atoms with E-state index < -0.39 is 24.0 Å². The lowest BCUT2D eigenvalue weighted by molar-refractivity contribution is -0.141. The molecule has 0 radical (unpaired) electrons. The molecule has 1 aliphatic heterocycles. The zero-order valence-corrected chi connectivity index (χ0v) is 17.9. The number of carbonyl (C=O) groups is 2. The molecule has 2 fully saturated rings. The summed E-state index contributed by atoms with van der Waals surface area (Å²) in [4.78, 5) is 29.6. The van der Waals surface area contributed by atoms with Gasteiger partial charge in [0.05, 0.1) is 0 Å².